The topological polar surface area (TPSA) is 46.2 Å². The number of nitrogens with two attached hydrogens (primary N) is 1. The molecule has 0 aliphatic rings. The largest absolute Gasteiger partial charge is 0.416 e. The maximum atomic E-state index is 12.7. The van der Waals surface area contributed by atoms with Crippen molar-refractivity contribution < 1.29 is 31.4 Å². The smallest absolute Gasteiger partial charge is 0.395 e. The Morgan fingerprint density at radius 3 is 2.05 bits per heavy atom. The van der Waals surface area contributed by atoms with E-state index in [0.29, 0.717) is 6.07 Å². The molecule has 0 aliphatic heterocycles. The van der Waals surface area contributed by atoms with E-state index in [-0.39, 0.29) is 18.1 Å². The second-order valence-electron chi connectivity index (χ2n) is 4.01. The molecule has 0 saturated heterocycles. The number of benzene rings is 1. The lowest BCUT2D eigenvalue weighted by atomic mass is 9.98. The fourth-order valence-electron chi connectivity index (χ4n) is 1.54. The van der Waals surface area contributed by atoms with Gasteiger partial charge in [0.05, 0.1) is 17.7 Å². The summed E-state index contributed by atoms with van der Waals surface area (Å²) < 4.78 is 75.3. The van der Waals surface area contributed by atoms with Crippen LogP contribution < -0.4 is 5.73 Å². The summed E-state index contributed by atoms with van der Waals surface area (Å²) in [6.45, 7) is -0.557. The van der Waals surface area contributed by atoms with Gasteiger partial charge in [0.15, 0.2) is 0 Å². The zero-order valence-corrected chi connectivity index (χ0v) is 9.52. The Morgan fingerprint density at radius 1 is 1.05 bits per heavy atom. The van der Waals surface area contributed by atoms with Gasteiger partial charge in [0.25, 0.3) is 0 Å². The SMILES string of the molecule is NC(CO)Cc1ccc(C(F)(F)F)cc1C(F)(F)F. The lowest BCUT2D eigenvalue weighted by molar-refractivity contribution is -0.143. The van der Waals surface area contributed by atoms with Crippen molar-refractivity contribution in [2.45, 2.75) is 24.8 Å². The van der Waals surface area contributed by atoms with E-state index in [0.717, 1.165) is 6.07 Å². The molecule has 2 nitrogen and oxygen atoms in total. The predicted octanol–water partition coefficient (Wildman–Crippen LogP) is 2.59. The minimum Gasteiger partial charge on any atom is -0.395 e. The molecule has 1 aromatic rings. The third-order valence-corrected chi connectivity index (χ3v) is 2.46. The molecule has 0 heterocycles. The summed E-state index contributed by atoms with van der Waals surface area (Å²) in [7, 11) is 0. The van der Waals surface area contributed by atoms with E-state index in [1.54, 1.807) is 0 Å². The first-order valence-electron chi connectivity index (χ1n) is 5.19. The fourth-order valence-corrected chi connectivity index (χ4v) is 1.54. The zero-order chi connectivity index (χ0) is 14.8. The van der Waals surface area contributed by atoms with Crippen LogP contribution in [0.3, 0.4) is 0 Å². The van der Waals surface area contributed by atoms with Gasteiger partial charge in [0.1, 0.15) is 0 Å². The highest BCUT2D eigenvalue weighted by molar-refractivity contribution is 5.36. The number of halogens is 6. The zero-order valence-electron chi connectivity index (χ0n) is 9.52. The third kappa shape index (κ3) is 4.10. The van der Waals surface area contributed by atoms with Crippen molar-refractivity contribution in [1.29, 1.82) is 0 Å². The second-order valence-corrected chi connectivity index (χ2v) is 4.01. The first-order valence-corrected chi connectivity index (χ1v) is 5.19. The van der Waals surface area contributed by atoms with Crippen molar-refractivity contribution in [2.24, 2.45) is 5.73 Å². The van der Waals surface area contributed by atoms with Crippen LogP contribution in [0, 0.1) is 0 Å². The van der Waals surface area contributed by atoms with Gasteiger partial charge in [0.2, 0.25) is 0 Å². The monoisotopic (exact) mass is 287 g/mol. The number of hydrogen-bond donors (Lipinski definition) is 2. The summed E-state index contributed by atoms with van der Waals surface area (Å²) in [6.07, 6.45) is -10.1. The van der Waals surface area contributed by atoms with E-state index >= 15 is 0 Å². The molecule has 1 aromatic carbocycles. The van der Waals surface area contributed by atoms with Crippen molar-refractivity contribution in [3.05, 3.63) is 34.9 Å². The fraction of sp³-hybridized carbons (Fsp3) is 0.455. The molecule has 0 radical (unpaired) electrons. The van der Waals surface area contributed by atoms with Crippen molar-refractivity contribution in [1.82, 2.24) is 0 Å². The molecule has 0 aromatic heterocycles. The highest BCUT2D eigenvalue weighted by Gasteiger charge is 2.38. The summed E-state index contributed by atoms with van der Waals surface area (Å²) in [6, 6.07) is 0.396. The van der Waals surface area contributed by atoms with Crippen LogP contribution in [0.5, 0.6) is 0 Å². The van der Waals surface area contributed by atoms with Crippen LogP contribution in [0.2, 0.25) is 0 Å². The van der Waals surface area contributed by atoms with Gasteiger partial charge in [-0.1, -0.05) is 6.07 Å². The average molecular weight is 287 g/mol. The Labute approximate surface area is 104 Å². The number of aliphatic hydroxyl groups excluding tert-OH is 1. The summed E-state index contributed by atoms with van der Waals surface area (Å²) in [5.41, 5.74) is 2.17. The molecule has 0 bridgehead atoms. The summed E-state index contributed by atoms with van der Waals surface area (Å²) in [5.74, 6) is 0. The quantitative estimate of drug-likeness (QED) is 0.839. The maximum Gasteiger partial charge on any atom is 0.416 e. The average Bonchev–Trinajstić information content (AvgIpc) is 2.26. The van der Waals surface area contributed by atoms with Crippen LogP contribution in [-0.4, -0.2) is 17.8 Å². The summed E-state index contributed by atoms with van der Waals surface area (Å²) in [5, 5.41) is 8.69. The molecule has 1 atom stereocenters. The molecule has 0 fully saturated rings. The first-order chi connectivity index (χ1) is 8.55. The summed E-state index contributed by atoms with van der Waals surface area (Å²) in [4.78, 5) is 0. The highest BCUT2D eigenvalue weighted by Crippen LogP contribution is 2.37. The van der Waals surface area contributed by atoms with Gasteiger partial charge >= 0.3 is 12.4 Å². The van der Waals surface area contributed by atoms with Crippen LogP contribution in [0.1, 0.15) is 16.7 Å². The Bertz CT molecular complexity index is 440. The molecular formula is C11H11F6NO. The molecule has 0 spiro atoms. The first kappa shape index (κ1) is 15.8. The van der Waals surface area contributed by atoms with Crippen LogP contribution in [-0.2, 0) is 18.8 Å². The van der Waals surface area contributed by atoms with Gasteiger partial charge in [0, 0.05) is 6.04 Å². The number of hydrogen-bond acceptors (Lipinski definition) is 2. The van der Waals surface area contributed by atoms with Crippen molar-refractivity contribution in [2.75, 3.05) is 6.61 Å². The van der Waals surface area contributed by atoms with Crippen molar-refractivity contribution in [3.63, 3.8) is 0 Å². The number of rotatable bonds is 3. The molecule has 1 unspecified atom stereocenters. The van der Waals surface area contributed by atoms with Gasteiger partial charge in [-0.25, -0.2) is 0 Å². The van der Waals surface area contributed by atoms with E-state index in [2.05, 4.69) is 0 Å². The van der Waals surface area contributed by atoms with E-state index in [9.17, 15) is 26.3 Å². The molecular weight excluding hydrogens is 276 g/mol. The maximum absolute atomic E-state index is 12.7. The van der Waals surface area contributed by atoms with Gasteiger partial charge < -0.3 is 10.8 Å². The van der Waals surface area contributed by atoms with Gasteiger partial charge in [-0.05, 0) is 24.1 Å². The molecule has 3 N–H and O–H groups in total. The lowest BCUT2D eigenvalue weighted by Gasteiger charge is -2.17. The predicted molar refractivity (Wildman–Crippen MR) is 55.2 cm³/mol. The van der Waals surface area contributed by atoms with Crippen LogP contribution in [0.15, 0.2) is 18.2 Å². The number of aliphatic hydroxyl groups is 1. The molecule has 0 saturated carbocycles. The van der Waals surface area contributed by atoms with Crippen LogP contribution >= 0.6 is 0 Å². The Hall–Kier alpha value is -1.28. The Balaban J connectivity index is 3.26. The molecule has 19 heavy (non-hydrogen) atoms. The van der Waals surface area contributed by atoms with Crippen molar-refractivity contribution >= 4 is 0 Å². The minimum atomic E-state index is -4.91. The number of alkyl halides is 6. The third-order valence-electron chi connectivity index (χ3n) is 2.46. The van der Waals surface area contributed by atoms with E-state index < -0.39 is 36.1 Å². The molecule has 0 aliphatic carbocycles. The van der Waals surface area contributed by atoms with Crippen LogP contribution in [0.25, 0.3) is 0 Å². The van der Waals surface area contributed by atoms with E-state index in [1.807, 2.05) is 0 Å². The molecule has 1 rings (SSSR count). The van der Waals surface area contributed by atoms with E-state index in [4.69, 9.17) is 10.8 Å². The Kier molecular flexibility index (Phi) is 4.46. The standard InChI is InChI=1S/C11H11F6NO/c12-10(13,14)7-2-1-6(3-8(18)5-19)9(4-7)11(15,16)17/h1-2,4,8,19H,3,5,18H2. The Morgan fingerprint density at radius 2 is 1.63 bits per heavy atom. The summed E-state index contributed by atoms with van der Waals surface area (Å²) >= 11 is 0. The minimum absolute atomic E-state index is 0.0550. The molecule has 0 amide bonds. The van der Waals surface area contributed by atoms with E-state index in [1.165, 1.54) is 0 Å². The van der Waals surface area contributed by atoms with Gasteiger partial charge in [-0.2, -0.15) is 26.3 Å². The van der Waals surface area contributed by atoms with Gasteiger partial charge in [-0.15, -0.1) is 0 Å². The molecule has 8 heteroatoms. The van der Waals surface area contributed by atoms with Gasteiger partial charge in [-0.3, -0.25) is 0 Å². The highest BCUT2D eigenvalue weighted by atomic mass is 19.4. The molecule has 108 valence electrons. The normalized spacial score (nSPS) is 14.5. The van der Waals surface area contributed by atoms with Crippen LogP contribution in [0.4, 0.5) is 26.3 Å². The lowest BCUT2D eigenvalue weighted by Crippen LogP contribution is -2.28. The van der Waals surface area contributed by atoms with Crippen molar-refractivity contribution in [3.8, 4) is 0 Å². The second kappa shape index (κ2) is 5.38.